The molecule has 0 aliphatic rings. The highest BCUT2D eigenvalue weighted by molar-refractivity contribution is 7.47. The van der Waals surface area contributed by atoms with Gasteiger partial charge in [-0.05, 0) is 77.0 Å². The van der Waals surface area contributed by atoms with Crippen LogP contribution in [-0.4, -0.2) is 73.4 Å². The summed E-state index contributed by atoms with van der Waals surface area (Å²) in [6.07, 6.45) is 75.0. The van der Waals surface area contributed by atoms with Gasteiger partial charge in [0.15, 0.2) is 0 Å². The summed E-state index contributed by atoms with van der Waals surface area (Å²) in [6, 6.07) is -0.871. The fourth-order valence-corrected chi connectivity index (χ4v) is 9.78. The van der Waals surface area contributed by atoms with Gasteiger partial charge in [0, 0.05) is 6.42 Å². The van der Waals surface area contributed by atoms with Gasteiger partial charge in [0.1, 0.15) is 13.2 Å². The van der Waals surface area contributed by atoms with Crippen molar-refractivity contribution in [2.45, 2.75) is 302 Å². The average molecular weight is 1050 g/mol. The second-order valence-electron chi connectivity index (χ2n) is 22.4. The predicted molar refractivity (Wildman–Crippen MR) is 318 cm³/mol. The first-order valence-electron chi connectivity index (χ1n) is 31.2. The van der Waals surface area contributed by atoms with Gasteiger partial charge in [-0.1, -0.05) is 267 Å². The van der Waals surface area contributed by atoms with Gasteiger partial charge >= 0.3 is 7.82 Å². The molecule has 0 aliphatic heterocycles. The lowest BCUT2D eigenvalue weighted by Gasteiger charge is -2.25. The van der Waals surface area contributed by atoms with E-state index in [1.165, 1.54) is 218 Å². The Bertz CT molecular complexity index is 1370. The molecule has 0 spiro atoms. The Morgan fingerprint density at radius 2 is 0.795 bits per heavy atom. The van der Waals surface area contributed by atoms with Crippen molar-refractivity contribution >= 4 is 13.7 Å². The Labute approximate surface area is 453 Å². The minimum Gasteiger partial charge on any atom is -0.387 e. The maximum atomic E-state index is 13.0. The summed E-state index contributed by atoms with van der Waals surface area (Å²) in [6.45, 7) is 4.80. The number of aliphatic hydroxyl groups excluding tert-OH is 1. The van der Waals surface area contributed by atoms with Crippen LogP contribution in [0.3, 0.4) is 0 Å². The largest absolute Gasteiger partial charge is 0.472 e. The number of hydrogen-bond acceptors (Lipinski definition) is 5. The molecule has 0 rings (SSSR count). The first kappa shape index (κ1) is 71.2. The second-order valence-corrected chi connectivity index (χ2v) is 23.9. The lowest BCUT2D eigenvalue weighted by Crippen LogP contribution is -2.45. The van der Waals surface area contributed by atoms with Crippen molar-refractivity contribution in [2.24, 2.45) is 0 Å². The first-order chi connectivity index (χ1) is 35.5. The van der Waals surface area contributed by atoms with Gasteiger partial charge in [-0.3, -0.25) is 13.8 Å². The Morgan fingerprint density at radius 1 is 0.466 bits per heavy atom. The zero-order chi connectivity index (χ0) is 53.5. The number of phosphoric ester groups is 1. The number of quaternary nitrogens is 1. The van der Waals surface area contributed by atoms with E-state index < -0.39 is 20.0 Å². The number of hydrogen-bond donors (Lipinski definition) is 3. The number of carbonyl (C=O) groups excluding carboxylic acids is 1. The third-order valence-electron chi connectivity index (χ3n) is 13.9. The fraction of sp³-hybridized carbons (Fsp3) is 0.828. The molecule has 0 radical (unpaired) electrons. The lowest BCUT2D eigenvalue weighted by atomic mass is 10.0. The number of phosphoric acid groups is 1. The number of carbonyl (C=O) groups is 1. The van der Waals surface area contributed by atoms with Gasteiger partial charge in [0.25, 0.3) is 0 Å². The van der Waals surface area contributed by atoms with Crippen molar-refractivity contribution < 1.29 is 32.9 Å². The number of amides is 1. The van der Waals surface area contributed by atoms with E-state index in [0.717, 1.165) is 51.4 Å². The third kappa shape index (κ3) is 57.7. The number of unbranched alkanes of at least 4 members (excludes halogenated alkanes) is 36. The Kier molecular flexibility index (Phi) is 53.6. The predicted octanol–water partition coefficient (Wildman–Crippen LogP) is 19.3. The minimum absolute atomic E-state index is 0.0528. The molecule has 3 N–H and O–H groups in total. The number of allylic oxidation sites excluding steroid dienone is 9. The van der Waals surface area contributed by atoms with Gasteiger partial charge in [0.2, 0.25) is 5.91 Å². The van der Waals surface area contributed by atoms with Crippen LogP contribution in [0.5, 0.6) is 0 Å². The minimum atomic E-state index is -4.36. The summed E-state index contributed by atoms with van der Waals surface area (Å²) in [7, 11) is 1.55. The average Bonchev–Trinajstić information content (AvgIpc) is 3.35. The van der Waals surface area contributed by atoms with Crippen molar-refractivity contribution in [3.63, 3.8) is 0 Å². The van der Waals surface area contributed by atoms with Gasteiger partial charge in [-0.15, -0.1) is 0 Å². The van der Waals surface area contributed by atoms with E-state index in [9.17, 15) is 19.4 Å². The lowest BCUT2D eigenvalue weighted by molar-refractivity contribution is -0.870. The molecule has 3 atom stereocenters. The third-order valence-corrected chi connectivity index (χ3v) is 14.9. The van der Waals surface area contributed by atoms with E-state index in [-0.39, 0.29) is 19.1 Å². The molecule has 0 aromatic heterocycles. The van der Waals surface area contributed by atoms with Crippen LogP contribution in [0.25, 0.3) is 0 Å². The molecule has 8 nitrogen and oxygen atoms in total. The molecule has 0 bridgehead atoms. The topological polar surface area (TPSA) is 105 Å². The Balaban J connectivity index is 4.05. The molecule has 1 amide bonds. The molecule has 428 valence electrons. The molecule has 0 aliphatic carbocycles. The van der Waals surface area contributed by atoms with Crippen LogP contribution in [0, 0.1) is 0 Å². The molecule has 0 fully saturated rings. The van der Waals surface area contributed by atoms with Crippen LogP contribution in [-0.2, 0) is 18.4 Å². The van der Waals surface area contributed by atoms with Crippen molar-refractivity contribution in [3.8, 4) is 0 Å². The molecule has 73 heavy (non-hydrogen) atoms. The van der Waals surface area contributed by atoms with E-state index in [2.05, 4.69) is 67.8 Å². The van der Waals surface area contributed by atoms with Crippen molar-refractivity contribution in [1.29, 1.82) is 0 Å². The molecule has 0 aromatic rings. The van der Waals surface area contributed by atoms with Crippen LogP contribution in [0.1, 0.15) is 290 Å². The second kappa shape index (κ2) is 55.0. The number of aliphatic hydroxyl groups is 1. The van der Waals surface area contributed by atoms with E-state index in [1.54, 1.807) is 6.08 Å². The summed E-state index contributed by atoms with van der Waals surface area (Å²) in [5.41, 5.74) is 0. The van der Waals surface area contributed by atoms with E-state index in [1.807, 2.05) is 27.2 Å². The summed E-state index contributed by atoms with van der Waals surface area (Å²) >= 11 is 0. The van der Waals surface area contributed by atoms with Crippen LogP contribution < -0.4 is 5.32 Å². The maximum absolute atomic E-state index is 13.0. The van der Waals surface area contributed by atoms with Crippen LogP contribution in [0.4, 0.5) is 0 Å². The van der Waals surface area contributed by atoms with Crippen molar-refractivity contribution in [1.82, 2.24) is 5.32 Å². The highest BCUT2D eigenvalue weighted by Crippen LogP contribution is 2.43. The van der Waals surface area contributed by atoms with E-state index in [0.29, 0.717) is 17.4 Å². The zero-order valence-corrected chi connectivity index (χ0v) is 49.8. The normalized spacial score (nSPS) is 14.2. The fourth-order valence-electron chi connectivity index (χ4n) is 9.05. The van der Waals surface area contributed by atoms with E-state index >= 15 is 0 Å². The highest BCUT2D eigenvalue weighted by Gasteiger charge is 2.27. The Hall–Kier alpha value is -1.80. The molecule has 0 saturated carbocycles. The van der Waals surface area contributed by atoms with Gasteiger partial charge in [0.05, 0.1) is 39.9 Å². The number of likely N-dealkylation sites (N-methyl/N-ethyl adjacent to an activating group) is 1. The maximum Gasteiger partial charge on any atom is 0.472 e. The Morgan fingerprint density at radius 3 is 1.18 bits per heavy atom. The number of rotatable bonds is 57. The van der Waals surface area contributed by atoms with Gasteiger partial charge in [-0.25, -0.2) is 4.57 Å². The van der Waals surface area contributed by atoms with Gasteiger partial charge < -0.3 is 19.8 Å². The SMILES string of the molecule is CCCCCCCC/C=C/CC/C=C/CC/C=C/C(O)C(COP(=O)(O)OCC[N+](C)(C)C)NC(=O)CCCCCCCCCCCCCCCCCCC/C=C\C/C=C\CCCCCCCCCCCCC. The molecule has 9 heteroatoms. The number of nitrogens with zero attached hydrogens (tertiary/aromatic N) is 1. The van der Waals surface area contributed by atoms with Crippen LogP contribution in [0.15, 0.2) is 60.8 Å². The van der Waals surface area contributed by atoms with Crippen LogP contribution in [0.2, 0.25) is 0 Å². The molecular formula is C64H122N2O6P+. The zero-order valence-electron chi connectivity index (χ0n) is 48.9. The number of nitrogens with one attached hydrogen (secondary N) is 1. The summed E-state index contributed by atoms with van der Waals surface area (Å²) < 4.78 is 23.7. The van der Waals surface area contributed by atoms with Crippen molar-refractivity contribution in [3.05, 3.63) is 60.8 Å². The summed E-state index contributed by atoms with van der Waals surface area (Å²) in [5, 5.41) is 13.9. The van der Waals surface area contributed by atoms with Crippen molar-refractivity contribution in [2.75, 3.05) is 40.9 Å². The summed E-state index contributed by atoms with van der Waals surface area (Å²) in [4.78, 5) is 23.3. The molecule has 0 aromatic carbocycles. The molecular weight excluding hydrogens is 924 g/mol. The quantitative estimate of drug-likeness (QED) is 0.0243. The standard InChI is InChI=1S/C64H121N2O6P/c1-6-8-10-12-14-16-18-20-22-24-25-26-27-28-29-30-31-32-33-34-35-36-37-38-39-40-41-42-44-46-48-50-52-54-56-58-64(68)65-62(61-72-73(69,70)71-60-59-66(3,4)5)63(67)57-55-53-51-49-47-45-43-23-21-19-17-15-13-11-9-7-2/h21,23,27-28,30-31,47,49,55,57,62-63,67H,6-20,22,24-26,29,32-46,48,50-54,56,58-61H2,1-5H3,(H-,65,68,69,70)/p+1/b23-21+,28-27-,31-30-,49-47+,57-55+. The van der Waals surface area contributed by atoms with Crippen LogP contribution >= 0.6 is 7.82 Å². The first-order valence-corrected chi connectivity index (χ1v) is 32.7. The molecule has 3 unspecified atom stereocenters. The molecule has 0 heterocycles. The van der Waals surface area contributed by atoms with Gasteiger partial charge in [-0.2, -0.15) is 0 Å². The smallest absolute Gasteiger partial charge is 0.387 e. The monoisotopic (exact) mass is 1050 g/mol. The highest BCUT2D eigenvalue weighted by atomic mass is 31.2. The summed E-state index contributed by atoms with van der Waals surface area (Å²) in [5.74, 6) is -0.189. The van der Waals surface area contributed by atoms with E-state index in [4.69, 9.17) is 9.05 Å². The molecule has 0 saturated heterocycles.